The average molecular weight is 170 g/mol. The van der Waals surface area contributed by atoms with Gasteiger partial charge in [0.2, 0.25) is 5.91 Å². The van der Waals surface area contributed by atoms with Gasteiger partial charge in [-0.3, -0.25) is 4.79 Å². The second kappa shape index (κ2) is 2.71. The molecule has 0 saturated carbocycles. The molecule has 0 atom stereocenters. The van der Waals surface area contributed by atoms with Crippen LogP contribution in [0.25, 0.3) is 0 Å². The molecule has 0 aromatic carbocycles. The van der Waals surface area contributed by atoms with Gasteiger partial charge in [0, 0.05) is 20.0 Å². The fourth-order valence-corrected chi connectivity index (χ4v) is 1.78. The maximum atomic E-state index is 10.9. The molecule has 2 rings (SSSR count). The summed E-state index contributed by atoms with van der Waals surface area (Å²) in [6.45, 7) is 5.71. The Morgan fingerprint density at radius 3 is 2.83 bits per heavy atom. The number of ether oxygens (including phenoxy) is 1. The predicted molar refractivity (Wildman–Crippen MR) is 43.8 cm³/mol. The zero-order valence-electron chi connectivity index (χ0n) is 7.30. The van der Waals surface area contributed by atoms with Crippen LogP contribution in [0.15, 0.2) is 0 Å². The number of carbonyl (C=O) groups is 1. The van der Waals surface area contributed by atoms with E-state index >= 15 is 0 Å². The van der Waals surface area contributed by atoms with Crippen molar-refractivity contribution in [2.45, 2.75) is 12.5 Å². The molecule has 1 spiro atoms. The normalized spacial score (nSPS) is 26.9. The van der Waals surface area contributed by atoms with Crippen molar-refractivity contribution in [2.24, 2.45) is 0 Å². The lowest BCUT2D eigenvalue weighted by atomic mass is 9.92. The summed E-state index contributed by atoms with van der Waals surface area (Å²) in [4.78, 5) is 12.7. The van der Waals surface area contributed by atoms with E-state index in [0.717, 1.165) is 32.8 Å². The molecule has 2 saturated heterocycles. The van der Waals surface area contributed by atoms with Gasteiger partial charge in [-0.25, -0.2) is 0 Å². The molecule has 0 aromatic heterocycles. The van der Waals surface area contributed by atoms with Crippen LogP contribution >= 0.6 is 0 Å². The molecular formula is C8H14N2O2. The Morgan fingerprint density at radius 1 is 1.58 bits per heavy atom. The van der Waals surface area contributed by atoms with Crippen LogP contribution < -0.4 is 5.32 Å². The van der Waals surface area contributed by atoms with E-state index in [2.05, 4.69) is 5.32 Å². The first-order chi connectivity index (χ1) is 5.72. The summed E-state index contributed by atoms with van der Waals surface area (Å²) >= 11 is 0. The Hall–Kier alpha value is -0.610. The van der Waals surface area contributed by atoms with E-state index in [1.54, 1.807) is 6.92 Å². The summed E-state index contributed by atoms with van der Waals surface area (Å²) in [6.07, 6.45) is 0. The van der Waals surface area contributed by atoms with Crippen molar-refractivity contribution in [2.75, 3.05) is 32.8 Å². The van der Waals surface area contributed by atoms with E-state index in [-0.39, 0.29) is 11.5 Å². The third-order valence-corrected chi connectivity index (χ3v) is 2.54. The van der Waals surface area contributed by atoms with Gasteiger partial charge in [0.1, 0.15) is 5.60 Å². The molecule has 4 nitrogen and oxygen atoms in total. The molecule has 0 unspecified atom stereocenters. The summed E-state index contributed by atoms with van der Waals surface area (Å²) in [5.41, 5.74) is -0.0517. The number of morpholine rings is 1. The third-order valence-electron chi connectivity index (χ3n) is 2.54. The molecule has 0 aliphatic carbocycles. The molecule has 68 valence electrons. The maximum Gasteiger partial charge on any atom is 0.219 e. The highest BCUT2D eigenvalue weighted by atomic mass is 16.5. The van der Waals surface area contributed by atoms with Crippen LogP contribution in [0.5, 0.6) is 0 Å². The van der Waals surface area contributed by atoms with Gasteiger partial charge in [-0.2, -0.15) is 0 Å². The van der Waals surface area contributed by atoms with Crippen molar-refractivity contribution in [1.29, 1.82) is 0 Å². The molecule has 0 aromatic rings. The number of amides is 1. The topological polar surface area (TPSA) is 41.6 Å². The lowest BCUT2D eigenvalue weighted by Crippen LogP contribution is -2.70. The van der Waals surface area contributed by atoms with Crippen LogP contribution in [0.4, 0.5) is 0 Å². The predicted octanol–water partition coefficient (Wildman–Crippen LogP) is -0.793. The Balaban J connectivity index is 1.88. The van der Waals surface area contributed by atoms with E-state index < -0.39 is 0 Å². The van der Waals surface area contributed by atoms with Crippen molar-refractivity contribution < 1.29 is 9.53 Å². The first kappa shape index (κ1) is 8.01. The second-order valence-electron chi connectivity index (χ2n) is 3.58. The van der Waals surface area contributed by atoms with E-state index in [1.165, 1.54) is 0 Å². The number of hydrogen-bond donors (Lipinski definition) is 1. The highest BCUT2D eigenvalue weighted by Crippen LogP contribution is 2.25. The molecular weight excluding hydrogens is 156 g/mol. The molecule has 12 heavy (non-hydrogen) atoms. The molecule has 0 bridgehead atoms. The van der Waals surface area contributed by atoms with Gasteiger partial charge in [0.25, 0.3) is 0 Å². The third kappa shape index (κ3) is 1.21. The largest absolute Gasteiger partial charge is 0.369 e. The van der Waals surface area contributed by atoms with Crippen LogP contribution in [0.2, 0.25) is 0 Å². The van der Waals surface area contributed by atoms with Crippen molar-refractivity contribution in [3.05, 3.63) is 0 Å². The van der Waals surface area contributed by atoms with Gasteiger partial charge in [-0.15, -0.1) is 0 Å². The molecule has 4 heteroatoms. The standard InChI is InChI=1S/C8H14N2O2/c1-7(11)10-5-8(6-10)4-9-2-3-12-8/h9H,2-6H2,1H3. The van der Waals surface area contributed by atoms with E-state index in [0.29, 0.717) is 0 Å². The highest BCUT2D eigenvalue weighted by Gasteiger charge is 2.46. The van der Waals surface area contributed by atoms with Crippen molar-refractivity contribution >= 4 is 5.91 Å². The summed E-state index contributed by atoms with van der Waals surface area (Å²) < 4.78 is 5.63. The number of nitrogens with zero attached hydrogens (tertiary/aromatic N) is 1. The van der Waals surface area contributed by atoms with Crippen LogP contribution in [0, 0.1) is 0 Å². The average Bonchev–Trinajstić information content (AvgIpc) is 2.01. The zero-order chi connectivity index (χ0) is 8.60. The van der Waals surface area contributed by atoms with Crippen molar-refractivity contribution in [1.82, 2.24) is 10.2 Å². The Kier molecular flexibility index (Phi) is 1.81. The van der Waals surface area contributed by atoms with Crippen LogP contribution in [0.1, 0.15) is 6.92 Å². The quantitative estimate of drug-likeness (QED) is 0.518. The number of likely N-dealkylation sites (tertiary alicyclic amines) is 1. The van der Waals surface area contributed by atoms with Crippen molar-refractivity contribution in [3.8, 4) is 0 Å². The van der Waals surface area contributed by atoms with Gasteiger partial charge in [-0.1, -0.05) is 0 Å². The summed E-state index contributed by atoms with van der Waals surface area (Å²) in [7, 11) is 0. The van der Waals surface area contributed by atoms with E-state index in [4.69, 9.17) is 4.74 Å². The second-order valence-corrected chi connectivity index (χ2v) is 3.58. The van der Waals surface area contributed by atoms with Gasteiger partial charge < -0.3 is 15.0 Å². The van der Waals surface area contributed by atoms with Gasteiger partial charge >= 0.3 is 0 Å². The molecule has 0 radical (unpaired) electrons. The SMILES string of the molecule is CC(=O)N1CC2(CNCCO2)C1. The molecule has 2 aliphatic rings. The highest BCUT2D eigenvalue weighted by molar-refractivity contribution is 5.74. The van der Waals surface area contributed by atoms with Crippen LogP contribution in [-0.2, 0) is 9.53 Å². The van der Waals surface area contributed by atoms with Gasteiger partial charge in [0.15, 0.2) is 0 Å². The summed E-state index contributed by atoms with van der Waals surface area (Å²) in [5, 5.41) is 3.27. The molecule has 1 N–H and O–H groups in total. The van der Waals surface area contributed by atoms with E-state index in [1.807, 2.05) is 4.90 Å². The minimum atomic E-state index is -0.0517. The monoisotopic (exact) mass is 170 g/mol. The molecule has 2 heterocycles. The fourth-order valence-electron chi connectivity index (χ4n) is 1.78. The minimum Gasteiger partial charge on any atom is -0.369 e. The fraction of sp³-hybridized carbons (Fsp3) is 0.875. The Morgan fingerprint density at radius 2 is 2.33 bits per heavy atom. The number of hydrogen-bond acceptors (Lipinski definition) is 3. The molecule has 1 amide bonds. The lowest BCUT2D eigenvalue weighted by Gasteiger charge is -2.51. The van der Waals surface area contributed by atoms with Gasteiger partial charge in [0.05, 0.1) is 19.7 Å². The molecule has 2 aliphatic heterocycles. The number of carbonyl (C=O) groups excluding carboxylic acids is 1. The zero-order valence-corrected chi connectivity index (χ0v) is 7.30. The lowest BCUT2D eigenvalue weighted by molar-refractivity contribution is -0.172. The maximum absolute atomic E-state index is 10.9. The molecule has 2 fully saturated rings. The Bertz CT molecular complexity index is 191. The number of nitrogens with one attached hydrogen (secondary N) is 1. The first-order valence-electron chi connectivity index (χ1n) is 4.32. The Labute approximate surface area is 71.9 Å². The van der Waals surface area contributed by atoms with E-state index in [9.17, 15) is 4.79 Å². The van der Waals surface area contributed by atoms with Gasteiger partial charge in [-0.05, 0) is 0 Å². The first-order valence-corrected chi connectivity index (χ1v) is 4.32. The summed E-state index contributed by atoms with van der Waals surface area (Å²) in [6, 6.07) is 0. The van der Waals surface area contributed by atoms with Crippen LogP contribution in [-0.4, -0.2) is 49.2 Å². The smallest absolute Gasteiger partial charge is 0.219 e. The summed E-state index contributed by atoms with van der Waals surface area (Å²) in [5.74, 6) is 0.148. The minimum absolute atomic E-state index is 0.0517. The van der Waals surface area contributed by atoms with Crippen LogP contribution in [0.3, 0.4) is 0 Å². The number of rotatable bonds is 0. The van der Waals surface area contributed by atoms with Crippen molar-refractivity contribution in [3.63, 3.8) is 0 Å².